The number of amides is 1. The molecule has 2 heterocycles. The third-order valence-electron chi connectivity index (χ3n) is 4.02. The van der Waals surface area contributed by atoms with Gasteiger partial charge in [-0.05, 0) is 65.5 Å². The van der Waals surface area contributed by atoms with E-state index < -0.39 is 5.60 Å². The lowest BCUT2D eigenvalue weighted by molar-refractivity contribution is -0.00230. The molecule has 1 fully saturated rings. The number of nitrogens with zero attached hydrogens (tertiary/aromatic N) is 1. The lowest BCUT2D eigenvalue weighted by Crippen LogP contribution is -2.46. The van der Waals surface area contributed by atoms with E-state index in [-0.39, 0.29) is 18.2 Å². The van der Waals surface area contributed by atoms with Gasteiger partial charge in [-0.1, -0.05) is 0 Å². The Morgan fingerprint density at radius 3 is 2.87 bits per heavy atom. The van der Waals surface area contributed by atoms with Crippen LogP contribution in [0.3, 0.4) is 0 Å². The molecule has 1 aliphatic heterocycles. The van der Waals surface area contributed by atoms with E-state index in [9.17, 15) is 4.79 Å². The summed E-state index contributed by atoms with van der Waals surface area (Å²) in [5.41, 5.74) is -0.455. The lowest BCUT2D eigenvalue weighted by atomic mass is 10.0. The maximum atomic E-state index is 12.4. The fraction of sp³-hybridized carbons (Fsp3) is 0.722. The predicted molar refractivity (Wildman–Crippen MR) is 88.3 cm³/mol. The van der Waals surface area contributed by atoms with Crippen molar-refractivity contribution >= 4 is 6.09 Å². The number of hydrogen-bond acceptors (Lipinski definition) is 4. The second-order valence-corrected chi connectivity index (χ2v) is 7.14. The Morgan fingerprint density at radius 1 is 1.43 bits per heavy atom. The Balaban J connectivity index is 1.82. The summed E-state index contributed by atoms with van der Waals surface area (Å²) in [6, 6.07) is 3.97. The number of carbonyl (C=O) groups excluding carboxylic acids is 1. The molecule has 2 rings (SSSR count). The van der Waals surface area contributed by atoms with Crippen molar-refractivity contribution in [3.8, 4) is 0 Å². The summed E-state index contributed by atoms with van der Waals surface area (Å²) in [5.74, 6) is 0.831. The van der Waals surface area contributed by atoms with Crippen LogP contribution in [0.1, 0.15) is 65.2 Å². The zero-order chi connectivity index (χ0) is 16.9. The van der Waals surface area contributed by atoms with Gasteiger partial charge in [0.1, 0.15) is 17.5 Å². The molecule has 0 spiro atoms. The van der Waals surface area contributed by atoms with E-state index in [1.165, 1.54) is 0 Å². The average Bonchev–Trinajstić information content (AvgIpc) is 3.00. The molecule has 1 aromatic rings. The van der Waals surface area contributed by atoms with Gasteiger partial charge < -0.3 is 18.8 Å². The number of piperidine rings is 1. The van der Waals surface area contributed by atoms with E-state index in [4.69, 9.17) is 13.9 Å². The van der Waals surface area contributed by atoms with Crippen LogP contribution in [0, 0.1) is 0 Å². The van der Waals surface area contributed by atoms with E-state index in [1.54, 1.807) is 6.26 Å². The summed E-state index contributed by atoms with van der Waals surface area (Å²) in [4.78, 5) is 14.2. The smallest absolute Gasteiger partial charge is 0.410 e. The molecule has 0 N–H and O–H groups in total. The van der Waals surface area contributed by atoms with Crippen LogP contribution in [0.5, 0.6) is 0 Å². The molecular weight excluding hydrogens is 294 g/mol. The Labute approximate surface area is 138 Å². The van der Waals surface area contributed by atoms with Crippen molar-refractivity contribution in [2.45, 2.75) is 71.1 Å². The van der Waals surface area contributed by atoms with Crippen molar-refractivity contribution in [1.82, 2.24) is 4.90 Å². The first kappa shape index (κ1) is 17.9. The highest BCUT2D eigenvalue weighted by Gasteiger charge is 2.30. The van der Waals surface area contributed by atoms with Crippen LogP contribution in [0.25, 0.3) is 0 Å². The third kappa shape index (κ3) is 5.57. The Hall–Kier alpha value is -1.49. The van der Waals surface area contributed by atoms with Crippen LogP contribution in [-0.4, -0.2) is 35.8 Å². The lowest BCUT2D eigenvalue weighted by Gasteiger charge is -2.36. The second-order valence-electron chi connectivity index (χ2n) is 7.14. The van der Waals surface area contributed by atoms with Gasteiger partial charge in [-0.2, -0.15) is 0 Å². The van der Waals surface area contributed by atoms with Crippen molar-refractivity contribution < 1.29 is 18.7 Å². The van der Waals surface area contributed by atoms with Gasteiger partial charge in [0.2, 0.25) is 0 Å². The van der Waals surface area contributed by atoms with Gasteiger partial charge in [-0.15, -0.1) is 0 Å². The Bertz CT molecular complexity index is 478. The van der Waals surface area contributed by atoms with Crippen molar-refractivity contribution in [2.75, 3.05) is 13.2 Å². The minimum absolute atomic E-state index is 0.0661. The zero-order valence-corrected chi connectivity index (χ0v) is 14.7. The van der Waals surface area contributed by atoms with E-state index in [2.05, 4.69) is 0 Å². The summed E-state index contributed by atoms with van der Waals surface area (Å²) in [5, 5.41) is 0. The van der Waals surface area contributed by atoms with Gasteiger partial charge in [-0.25, -0.2) is 4.79 Å². The normalized spacial score (nSPS) is 20.3. The maximum absolute atomic E-state index is 12.4. The topological polar surface area (TPSA) is 51.9 Å². The predicted octanol–water partition coefficient (Wildman–Crippen LogP) is 4.54. The van der Waals surface area contributed by atoms with Crippen molar-refractivity contribution in [1.29, 1.82) is 0 Å². The summed E-state index contributed by atoms with van der Waals surface area (Å²) < 4.78 is 16.7. The first-order valence-corrected chi connectivity index (χ1v) is 8.51. The standard InChI is InChI=1S/C18H29NO4/c1-14(16-9-7-12-22-16)21-13-10-15-8-5-6-11-19(15)17(20)23-18(2,3)4/h7,9,12,14-15H,5-6,8,10-11,13H2,1-4H3/t14-,15-/m1/s1. The van der Waals surface area contributed by atoms with Crippen LogP contribution in [0.15, 0.2) is 22.8 Å². The molecule has 130 valence electrons. The highest BCUT2D eigenvalue weighted by Crippen LogP contribution is 2.24. The van der Waals surface area contributed by atoms with Crippen molar-refractivity contribution in [3.05, 3.63) is 24.2 Å². The van der Waals surface area contributed by atoms with Gasteiger partial charge in [0.15, 0.2) is 0 Å². The molecule has 23 heavy (non-hydrogen) atoms. The molecule has 0 aromatic carbocycles. The molecule has 1 saturated heterocycles. The molecule has 0 aliphatic carbocycles. The van der Waals surface area contributed by atoms with Crippen LogP contribution in [0.2, 0.25) is 0 Å². The molecule has 0 saturated carbocycles. The number of ether oxygens (including phenoxy) is 2. The monoisotopic (exact) mass is 323 g/mol. The molecular formula is C18H29NO4. The van der Waals surface area contributed by atoms with Gasteiger partial charge in [-0.3, -0.25) is 0 Å². The number of likely N-dealkylation sites (tertiary alicyclic amines) is 1. The minimum atomic E-state index is -0.455. The van der Waals surface area contributed by atoms with E-state index in [1.807, 2.05) is 44.7 Å². The second kappa shape index (κ2) is 7.86. The SMILES string of the molecule is C[C@@H](OCC[C@H]1CCCCN1C(=O)OC(C)(C)C)c1ccco1. The van der Waals surface area contributed by atoms with Crippen molar-refractivity contribution in [2.24, 2.45) is 0 Å². The molecule has 2 atom stereocenters. The Morgan fingerprint density at radius 2 is 2.22 bits per heavy atom. The van der Waals surface area contributed by atoms with Crippen LogP contribution < -0.4 is 0 Å². The maximum Gasteiger partial charge on any atom is 0.410 e. The number of hydrogen-bond donors (Lipinski definition) is 0. The van der Waals surface area contributed by atoms with Gasteiger partial charge in [0, 0.05) is 19.2 Å². The molecule has 1 aromatic heterocycles. The average molecular weight is 323 g/mol. The van der Waals surface area contributed by atoms with Gasteiger partial charge in [0.05, 0.1) is 6.26 Å². The molecule has 5 nitrogen and oxygen atoms in total. The molecule has 5 heteroatoms. The summed E-state index contributed by atoms with van der Waals surface area (Å²) in [7, 11) is 0. The van der Waals surface area contributed by atoms with E-state index in [0.29, 0.717) is 6.61 Å². The quantitative estimate of drug-likeness (QED) is 0.798. The number of rotatable bonds is 5. The van der Waals surface area contributed by atoms with E-state index in [0.717, 1.165) is 38.0 Å². The zero-order valence-electron chi connectivity index (χ0n) is 14.7. The minimum Gasteiger partial charge on any atom is -0.467 e. The summed E-state index contributed by atoms with van der Waals surface area (Å²) in [6.45, 7) is 9.05. The van der Waals surface area contributed by atoms with E-state index >= 15 is 0 Å². The van der Waals surface area contributed by atoms with Crippen LogP contribution in [0.4, 0.5) is 4.79 Å². The van der Waals surface area contributed by atoms with Crippen LogP contribution in [-0.2, 0) is 9.47 Å². The Kier molecular flexibility index (Phi) is 6.10. The molecule has 1 aliphatic rings. The fourth-order valence-corrected chi connectivity index (χ4v) is 2.85. The molecule has 0 unspecified atom stereocenters. The highest BCUT2D eigenvalue weighted by atomic mass is 16.6. The summed E-state index contributed by atoms with van der Waals surface area (Å²) in [6.07, 6.45) is 5.41. The van der Waals surface area contributed by atoms with Crippen LogP contribution >= 0.6 is 0 Å². The van der Waals surface area contributed by atoms with Crippen molar-refractivity contribution in [3.63, 3.8) is 0 Å². The third-order valence-corrected chi connectivity index (χ3v) is 4.02. The largest absolute Gasteiger partial charge is 0.467 e. The summed E-state index contributed by atoms with van der Waals surface area (Å²) >= 11 is 0. The van der Waals surface area contributed by atoms with Gasteiger partial charge in [0.25, 0.3) is 0 Å². The fourth-order valence-electron chi connectivity index (χ4n) is 2.85. The molecule has 0 radical (unpaired) electrons. The first-order valence-electron chi connectivity index (χ1n) is 8.51. The highest BCUT2D eigenvalue weighted by molar-refractivity contribution is 5.68. The number of furan rings is 1. The van der Waals surface area contributed by atoms with Gasteiger partial charge >= 0.3 is 6.09 Å². The molecule has 0 bridgehead atoms. The number of carbonyl (C=O) groups is 1. The molecule has 1 amide bonds. The first-order chi connectivity index (χ1) is 10.9.